The molecule has 2 heterocycles. The SMILES string of the molecule is CCC1CN(C(=O)CN2C(=O)C(C)Oc3ccccc32)CCO1. The maximum Gasteiger partial charge on any atom is 0.268 e. The minimum atomic E-state index is -0.578. The van der Waals surface area contributed by atoms with Gasteiger partial charge >= 0.3 is 0 Å². The number of morpholine rings is 1. The summed E-state index contributed by atoms with van der Waals surface area (Å²) >= 11 is 0. The molecule has 3 rings (SSSR count). The molecule has 0 bridgehead atoms. The fourth-order valence-electron chi connectivity index (χ4n) is 2.95. The van der Waals surface area contributed by atoms with Crippen LogP contribution in [0.4, 0.5) is 5.69 Å². The molecule has 0 N–H and O–H groups in total. The molecule has 1 saturated heterocycles. The van der Waals surface area contributed by atoms with E-state index < -0.39 is 6.10 Å². The van der Waals surface area contributed by atoms with Crippen molar-refractivity contribution in [2.45, 2.75) is 32.5 Å². The van der Waals surface area contributed by atoms with Crippen molar-refractivity contribution in [3.8, 4) is 5.75 Å². The number of fused-ring (bicyclic) bond motifs is 1. The van der Waals surface area contributed by atoms with E-state index in [-0.39, 0.29) is 24.5 Å². The number of benzene rings is 1. The van der Waals surface area contributed by atoms with E-state index in [0.717, 1.165) is 6.42 Å². The number of anilines is 1. The van der Waals surface area contributed by atoms with Gasteiger partial charge in [-0.3, -0.25) is 14.5 Å². The predicted molar refractivity (Wildman–Crippen MR) is 85.5 cm³/mol. The molecule has 2 unspecified atom stereocenters. The topological polar surface area (TPSA) is 59.1 Å². The van der Waals surface area contributed by atoms with Gasteiger partial charge in [0.05, 0.1) is 18.4 Å². The minimum Gasteiger partial charge on any atom is -0.479 e. The fourth-order valence-corrected chi connectivity index (χ4v) is 2.95. The Morgan fingerprint density at radius 2 is 2.13 bits per heavy atom. The van der Waals surface area contributed by atoms with Crippen LogP contribution >= 0.6 is 0 Å². The lowest BCUT2D eigenvalue weighted by atomic mass is 10.1. The maximum absolute atomic E-state index is 12.6. The van der Waals surface area contributed by atoms with Crippen LogP contribution in [-0.4, -0.2) is 55.2 Å². The first kappa shape index (κ1) is 15.8. The number of carbonyl (C=O) groups is 2. The van der Waals surface area contributed by atoms with Gasteiger partial charge in [-0.15, -0.1) is 0 Å². The van der Waals surface area contributed by atoms with Crippen molar-refractivity contribution in [3.63, 3.8) is 0 Å². The van der Waals surface area contributed by atoms with Crippen molar-refractivity contribution in [2.75, 3.05) is 31.1 Å². The first-order chi connectivity index (χ1) is 11.1. The number of ether oxygens (including phenoxy) is 2. The number of amides is 2. The molecule has 1 aromatic rings. The Balaban J connectivity index is 1.76. The summed E-state index contributed by atoms with van der Waals surface area (Å²) in [6.45, 7) is 5.50. The number of hydrogen-bond donors (Lipinski definition) is 0. The van der Waals surface area contributed by atoms with Crippen molar-refractivity contribution in [1.82, 2.24) is 4.90 Å². The van der Waals surface area contributed by atoms with Crippen LogP contribution in [0, 0.1) is 0 Å². The lowest BCUT2D eigenvalue weighted by molar-refractivity contribution is -0.139. The van der Waals surface area contributed by atoms with Gasteiger partial charge in [0.1, 0.15) is 12.3 Å². The van der Waals surface area contributed by atoms with Crippen molar-refractivity contribution in [3.05, 3.63) is 24.3 Å². The Labute approximate surface area is 136 Å². The number of hydrogen-bond acceptors (Lipinski definition) is 4. The molecule has 0 spiro atoms. The monoisotopic (exact) mass is 318 g/mol. The van der Waals surface area contributed by atoms with Gasteiger partial charge in [-0.25, -0.2) is 0 Å². The lowest BCUT2D eigenvalue weighted by Gasteiger charge is -2.36. The van der Waals surface area contributed by atoms with Crippen LogP contribution in [0.3, 0.4) is 0 Å². The summed E-state index contributed by atoms with van der Waals surface area (Å²) in [7, 11) is 0. The van der Waals surface area contributed by atoms with E-state index in [9.17, 15) is 9.59 Å². The summed E-state index contributed by atoms with van der Waals surface area (Å²) in [5.41, 5.74) is 0.657. The average molecular weight is 318 g/mol. The van der Waals surface area contributed by atoms with Gasteiger partial charge in [0, 0.05) is 13.1 Å². The number of nitrogens with zero attached hydrogens (tertiary/aromatic N) is 2. The van der Waals surface area contributed by atoms with Crippen molar-refractivity contribution in [2.24, 2.45) is 0 Å². The van der Waals surface area contributed by atoms with Gasteiger partial charge in [0.25, 0.3) is 5.91 Å². The van der Waals surface area contributed by atoms with Gasteiger partial charge in [0.2, 0.25) is 5.91 Å². The second-order valence-corrected chi connectivity index (χ2v) is 5.89. The molecule has 6 nitrogen and oxygen atoms in total. The molecule has 2 atom stereocenters. The Kier molecular flexibility index (Phi) is 4.52. The Morgan fingerprint density at radius 1 is 1.35 bits per heavy atom. The summed E-state index contributed by atoms with van der Waals surface area (Å²) in [6.07, 6.45) is 0.380. The van der Waals surface area contributed by atoms with Gasteiger partial charge in [-0.05, 0) is 25.5 Å². The zero-order valence-corrected chi connectivity index (χ0v) is 13.5. The molecular weight excluding hydrogens is 296 g/mol. The number of carbonyl (C=O) groups excluding carboxylic acids is 2. The minimum absolute atomic E-state index is 0.0416. The summed E-state index contributed by atoms with van der Waals surface area (Å²) in [6, 6.07) is 7.32. The highest BCUT2D eigenvalue weighted by Crippen LogP contribution is 2.33. The van der Waals surface area contributed by atoms with Crippen molar-refractivity contribution < 1.29 is 19.1 Å². The molecular formula is C17H22N2O4. The zero-order chi connectivity index (χ0) is 16.4. The second kappa shape index (κ2) is 6.58. The van der Waals surface area contributed by atoms with Crippen molar-refractivity contribution in [1.29, 1.82) is 0 Å². The normalized spacial score (nSPS) is 24.2. The fraction of sp³-hybridized carbons (Fsp3) is 0.529. The molecule has 1 aromatic carbocycles. The van der Waals surface area contributed by atoms with Crippen LogP contribution in [0.25, 0.3) is 0 Å². The van der Waals surface area contributed by atoms with E-state index in [4.69, 9.17) is 9.47 Å². The number of rotatable bonds is 3. The molecule has 0 radical (unpaired) electrons. The Bertz CT molecular complexity index is 604. The molecule has 23 heavy (non-hydrogen) atoms. The molecule has 2 aliphatic heterocycles. The summed E-state index contributed by atoms with van der Waals surface area (Å²) in [5, 5.41) is 0. The van der Waals surface area contributed by atoms with Crippen molar-refractivity contribution >= 4 is 17.5 Å². The van der Waals surface area contributed by atoms with E-state index in [1.165, 1.54) is 4.90 Å². The third-order valence-corrected chi connectivity index (χ3v) is 4.31. The smallest absolute Gasteiger partial charge is 0.268 e. The van der Waals surface area contributed by atoms with E-state index in [1.807, 2.05) is 25.1 Å². The average Bonchev–Trinajstić information content (AvgIpc) is 2.58. The van der Waals surface area contributed by atoms with Crippen LogP contribution in [-0.2, 0) is 14.3 Å². The molecule has 0 aromatic heterocycles. The highest BCUT2D eigenvalue weighted by molar-refractivity contribution is 6.03. The molecule has 1 fully saturated rings. The van der Waals surface area contributed by atoms with Crippen LogP contribution in [0.15, 0.2) is 24.3 Å². The summed E-state index contributed by atoms with van der Waals surface area (Å²) < 4.78 is 11.2. The largest absolute Gasteiger partial charge is 0.479 e. The summed E-state index contributed by atoms with van der Waals surface area (Å²) in [5.74, 6) is 0.405. The quantitative estimate of drug-likeness (QED) is 0.846. The van der Waals surface area contributed by atoms with E-state index in [0.29, 0.717) is 31.1 Å². The highest BCUT2D eigenvalue weighted by atomic mass is 16.5. The van der Waals surface area contributed by atoms with Gasteiger partial charge in [-0.2, -0.15) is 0 Å². The predicted octanol–water partition coefficient (Wildman–Crippen LogP) is 1.44. The third kappa shape index (κ3) is 3.17. The van der Waals surface area contributed by atoms with Gasteiger partial charge in [-0.1, -0.05) is 19.1 Å². The molecule has 2 amide bonds. The maximum atomic E-state index is 12.6. The van der Waals surface area contributed by atoms with Gasteiger partial charge < -0.3 is 14.4 Å². The van der Waals surface area contributed by atoms with E-state index >= 15 is 0 Å². The second-order valence-electron chi connectivity index (χ2n) is 5.89. The van der Waals surface area contributed by atoms with E-state index in [2.05, 4.69) is 0 Å². The molecule has 0 aliphatic carbocycles. The van der Waals surface area contributed by atoms with Crippen LogP contribution in [0.1, 0.15) is 20.3 Å². The van der Waals surface area contributed by atoms with Gasteiger partial charge in [0.15, 0.2) is 6.10 Å². The van der Waals surface area contributed by atoms with Crippen LogP contribution < -0.4 is 9.64 Å². The van der Waals surface area contributed by atoms with Crippen LogP contribution in [0.5, 0.6) is 5.75 Å². The summed E-state index contributed by atoms with van der Waals surface area (Å²) in [4.78, 5) is 28.4. The number of para-hydroxylation sites is 2. The highest BCUT2D eigenvalue weighted by Gasteiger charge is 2.34. The Morgan fingerprint density at radius 3 is 2.91 bits per heavy atom. The van der Waals surface area contributed by atoms with Crippen LogP contribution in [0.2, 0.25) is 0 Å². The molecule has 6 heteroatoms. The Hall–Kier alpha value is -2.08. The third-order valence-electron chi connectivity index (χ3n) is 4.31. The lowest BCUT2D eigenvalue weighted by Crippen LogP contribution is -2.52. The van der Waals surface area contributed by atoms with E-state index in [1.54, 1.807) is 17.9 Å². The molecule has 2 aliphatic rings. The standard InChI is InChI=1S/C17H22N2O4/c1-3-13-10-18(8-9-22-13)16(20)11-19-14-6-4-5-7-15(14)23-12(2)17(19)21/h4-7,12-13H,3,8-11H2,1-2H3. The molecule has 0 saturated carbocycles. The first-order valence-corrected chi connectivity index (χ1v) is 8.06. The first-order valence-electron chi connectivity index (χ1n) is 8.06. The molecule has 124 valence electrons. The zero-order valence-electron chi connectivity index (χ0n) is 13.5.